The molecule has 33 heavy (non-hydrogen) atoms. The van der Waals surface area contributed by atoms with Gasteiger partial charge in [0.25, 0.3) is 0 Å². The van der Waals surface area contributed by atoms with Crippen LogP contribution in [0.4, 0.5) is 0 Å². The van der Waals surface area contributed by atoms with Gasteiger partial charge in [-0.2, -0.15) is 0 Å². The molecule has 3 aromatic carbocycles. The van der Waals surface area contributed by atoms with Crippen molar-refractivity contribution in [3.63, 3.8) is 0 Å². The Kier molecular flexibility index (Phi) is 8.76. The number of aliphatic hydroxyl groups is 1. The third kappa shape index (κ3) is 5.59. The van der Waals surface area contributed by atoms with Gasteiger partial charge in [-0.15, -0.1) is 0 Å². The number of rotatable bonds is 10. The second-order valence-corrected chi connectivity index (χ2v) is 14.1. The van der Waals surface area contributed by atoms with Gasteiger partial charge in [-0.25, -0.2) is 0 Å². The SMILES string of the molecule is CCCC1CCC(C(CO)CC[PH](c2ccccc2)(c2ccccc2)c2ccccc2)CC1. The zero-order chi connectivity index (χ0) is 22.9. The average molecular weight is 461 g/mol. The van der Waals surface area contributed by atoms with E-state index in [1.54, 1.807) is 0 Å². The molecule has 0 heterocycles. The third-order valence-corrected chi connectivity index (χ3v) is 13.2. The molecule has 1 fully saturated rings. The fourth-order valence-corrected chi connectivity index (χ4v) is 11.3. The predicted molar refractivity (Wildman–Crippen MR) is 147 cm³/mol. The zero-order valence-corrected chi connectivity index (χ0v) is 21.2. The first-order valence-electron chi connectivity index (χ1n) is 13.1. The van der Waals surface area contributed by atoms with E-state index in [-0.39, 0.29) is 0 Å². The zero-order valence-electron chi connectivity index (χ0n) is 20.2. The van der Waals surface area contributed by atoms with E-state index in [0.29, 0.717) is 18.4 Å². The van der Waals surface area contributed by atoms with Crippen molar-refractivity contribution in [2.75, 3.05) is 12.8 Å². The van der Waals surface area contributed by atoms with E-state index in [9.17, 15) is 5.11 Å². The van der Waals surface area contributed by atoms with Crippen LogP contribution in [0.25, 0.3) is 0 Å². The van der Waals surface area contributed by atoms with Crippen LogP contribution in [0.2, 0.25) is 0 Å². The summed E-state index contributed by atoms with van der Waals surface area (Å²) in [6.07, 6.45) is 10.2. The van der Waals surface area contributed by atoms with Crippen molar-refractivity contribution in [3.05, 3.63) is 91.0 Å². The summed E-state index contributed by atoms with van der Waals surface area (Å²) in [6.45, 7) is 2.63. The molecule has 0 aliphatic heterocycles. The van der Waals surface area contributed by atoms with Gasteiger partial charge in [0.05, 0.1) is 0 Å². The van der Waals surface area contributed by atoms with Crippen LogP contribution in [0.3, 0.4) is 0 Å². The Morgan fingerprint density at radius 3 is 1.58 bits per heavy atom. The van der Waals surface area contributed by atoms with Crippen LogP contribution < -0.4 is 15.9 Å². The Morgan fingerprint density at radius 2 is 1.18 bits per heavy atom. The molecular formula is C31H41OP. The van der Waals surface area contributed by atoms with Gasteiger partial charge in [-0.1, -0.05) is 0 Å². The van der Waals surface area contributed by atoms with E-state index in [0.717, 1.165) is 18.5 Å². The Labute approximate surface area is 201 Å². The first kappa shape index (κ1) is 24.2. The summed E-state index contributed by atoms with van der Waals surface area (Å²) < 4.78 is 0. The van der Waals surface area contributed by atoms with E-state index in [4.69, 9.17) is 0 Å². The van der Waals surface area contributed by atoms with Gasteiger partial charge in [0.2, 0.25) is 0 Å². The second-order valence-electron chi connectivity index (χ2n) is 10.1. The van der Waals surface area contributed by atoms with E-state index in [2.05, 4.69) is 97.9 Å². The van der Waals surface area contributed by atoms with Crippen LogP contribution >= 0.6 is 7.26 Å². The molecule has 0 amide bonds. The molecule has 1 aliphatic rings. The van der Waals surface area contributed by atoms with E-state index >= 15 is 0 Å². The van der Waals surface area contributed by atoms with Gasteiger partial charge in [0.1, 0.15) is 0 Å². The van der Waals surface area contributed by atoms with E-state index < -0.39 is 7.26 Å². The minimum absolute atomic E-state index is 0.325. The second kappa shape index (κ2) is 12.0. The van der Waals surface area contributed by atoms with Gasteiger partial charge in [-0.3, -0.25) is 0 Å². The van der Waals surface area contributed by atoms with Gasteiger partial charge < -0.3 is 0 Å². The molecule has 3 aromatic rings. The predicted octanol–water partition coefficient (Wildman–Crippen LogP) is 6.32. The molecule has 1 atom stereocenters. The third-order valence-electron chi connectivity index (χ3n) is 8.18. The maximum absolute atomic E-state index is 10.5. The van der Waals surface area contributed by atoms with Crippen molar-refractivity contribution in [2.24, 2.45) is 17.8 Å². The fourth-order valence-electron chi connectivity index (χ4n) is 6.34. The number of hydrogen-bond acceptors (Lipinski definition) is 1. The summed E-state index contributed by atoms with van der Waals surface area (Å²) in [5, 5.41) is 14.9. The molecule has 0 aromatic heterocycles. The van der Waals surface area contributed by atoms with Crippen molar-refractivity contribution in [1.82, 2.24) is 0 Å². The van der Waals surface area contributed by atoms with Crippen LogP contribution in [0.1, 0.15) is 51.9 Å². The first-order chi connectivity index (χ1) is 16.3. The number of benzene rings is 3. The molecule has 0 bridgehead atoms. The van der Waals surface area contributed by atoms with E-state index in [1.165, 1.54) is 54.4 Å². The molecule has 1 saturated carbocycles. The maximum atomic E-state index is 10.5. The van der Waals surface area contributed by atoms with Crippen LogP contribution in [-0.4, -0.2) is 17.9 Å². The molecule has 1 nitrogen and oxygen atoms in total. The molecule has 0 radical (unpaired) electrons. The van der Waals surface area contributed by atoms with Crippen molar-refractivity contribution < 1.29 is 5.11 Å². The Morgan fingerprint density at radius 1 is 0.727 bits per heavy atom. The quantitative estimate of drug-likeness (QED) is 0.351. The first-order valence-corrected chi connectivity index (χ1v) is 15.3. The summed E-state index contributed by atoms with van der Waals surface area (Å²) in [6, 6.07) is 33.6. The van der Waals surface area contributed by atoms with Crippen molar-refractivity contribution in [1.29, 1.82) is 0 Å². The van der Waals surface area contributed by atoms with Crippen molar-refractivity contribution >= 4 is 23.2 Å². The van der Waals surface area contributed by atoms with Gasteiger partial charge in [-0.05, 0) is 0 Å². The monoisotopic (exact) mass is 460 g/mol. The Hall–Kier alpha value is -1.95. The summed E-state index contributed by atoms with van der Waals surface area (Å²) >= 11 is 0. The number of hydrogen-bond donors (Lipinski definition) is 1. The summed E-state index contributed by atoms with van der Waals surface area (Å²) in [7, 11) is -2.20. The molecule has 4 rings (SSSR count). The molecule has 176 valence electrons. The fraction of sp³-hybridized carbons (Fsp3) is 0.419. The van der Waals surface area contributed by atoms with Gasteiger partial charge >= 0.3 is 202 Å². The molecule has 1 N–H and O–H groups in total. The molecule has 2 heteroatoms. The van der Waals surface area contributed by atoms with Crippen LogP contribution in [0, 0.1) is 17.8 Å². The van der Waals surface area contributed by atoms with Crippen molar-refractivity contribution in [3.8, 4) is 0 Å². The standard InChI is InChI=1S/C31H41OP/c1-2-12-26-19-21-27(22-20-26)28(25-32)23-24-33(29-13-6-3-7-14-29,30-15-8-4-9-16-30)31-17-10-5-11-18-31/h3-11,13-18,26-28,32-33H,2,12,19-25H2,1H3. The molecule has 1 unspecified atom stereocenters. The van der Waals surface area contributed by atoms with Gasteiger partial charge in [0, 0.05) is 0 Å². The average Bonchev–Trinajstić information content (AvgIpc) is 2.89. The molecule has 1 aliphatic carbocycles. The Balaban J connectivity index is 1.66. The summed E-state index contributed by atoms with van der Waals surface area (Å²) in [4.78, 5) is 0. The summed E-state index contributed by atoms with van der Waals surface area (Å²) in [5.74, 6) is 2.00. The van der Waals surface area contributed by atoms with Crippen LogP contribution in [0.15, 0.2) is 91.0 Å². The van der Waals surface area contributed by atoms with Crippen LogP contribution in [0.5, 0.6) is 0 Å². The summed E-state index contributed by atoms with van der Waals surface area (Å²) in [5.41, 5.74) is 0. The van der Waals surface area contributed by atoms with Crippen molar-refractivity contribution in [2.45, 2.75) is 51.9 Å². The van der Waals surface area contributed by atoms with Gasteiger partial charge in [0.15, 0.2) is 0 Å². The molecule has 0 saturated heterocycles. The molecular weight excluding hydrogens is 419 g/mol. The number of aliphatic hydroxyl groups excluding tert-OH is 1. The topological polar surface area (TPSA) is 20.2 Å². The van der Waals surface area contributed by atoms with E-state index in [1.807, 2.05) is 0 Å². The molecule has 0 spiro atoms. The minimum atomic E-state index is -2.20. The van der Waals surface area contributed by atoms with Crippen LogP contribution in [-0.2, 0) is 0 Å². The Bertz CT molecular complexity index is 836. The normalized spacial score (nSPS) is 20.3.